The molecule has 1 aromatic carbocycles. The van der Waals surface area contributed by atoms with Gasteiger partial charge in [0.25, 0.3) is 0 Å². The van der Waals surface area contributed by atoms with Gasteiger partial charge >= 0.3 is 0 Å². The summed E-state index contributed by atoms with van der Waals surface area (Å²) in [4.78, 5) is 7.90. The topological polar surface area (TPSA) is 40.7 Å². The van der Waals surface area contributed by atoms with Gasteiger partial charge in [0.1, 0.15) is 5.82 Å². The SMILES string of the molecule is Cc1nc2c(CC3CCCCN3)cccc2[nH]1. The average Bonchev–Trinajstić information content (AvgIpc) is 2.72. The minimum atomic E-state index is 0.631. The number of nitrogens with one attached hydrogen (secondary N) is 2. The number of hydrogen-bond acceptors (Lipinski definition) is 2. The third-order valence-electron chi connectivity index (χ3n) is 3.59. The van der Waals surface area contributed by atoms with Crippen molar-refractivity contribution in [3.63, 3.8) is 0 Å². The Kier molecular flexibility index (Phi) is 2.85. The predicted molar refractivity (Wildman–Crippen MR) is 70.2 cm³/mol. The molecule has 1 aliphatic heterocycles. The van der Waals surface area contributed by atoms with Gasteiger partial charge in [-0.15, -0.1) is 0 Å². The molecule has 1 unspecified atom stereocenters. The number of aryl methyl sites for hydroxylation is 1. The maximum Gasteiger partial charge on any atom is 0.104 e. The standard InChI is InChI=1S/C14H19N3/c1-10-16-13-7-4-5-11(14(13)17-10)9-12-6-2-3-8-15-12/h4-5,7,12,15H,2-3,6,8-9H2,1H3,(H,16,17). The zero-order valence-electron chi connectivity index (χ0n) is 10.3. The Morgan fingerprint density at radius 1 is 1.35 bits per heavy atom. The van der Waals surface area contributed by atoms with Gasteiger partial charge in [-0.05, 0) is 44.4 Å². The van der Waals surface area contributed by atoms with E-state index in [1.807, 2.05) is 6.92 Å². The van der Waals surface area contributed by atoms with Gasteiger partial charge in [-0.3, -0.25) is 0 Å². The van der Waals surface area contributed by atoms with Crippen LogP contribution in [0.5, 0.6) is 0 Å². The summed E-state index contributed by atoms with van der Waals surface area (Å²) in [7, 11) is 0. The molecule has 3 heteroatoms. The molecular formula is C14H19N3. The summed E-state index contributed by atoms with van der Waals surface area (Å²) in [5, 5.41) is 3.60. The Hall–Kier alpha value is -1.35. The molecule has 0 amide bonds. The summed E-state index contributed by atoms with van der Waals surface area (Å²) in [5.41, 5.74) is 3.68. The van der Waals surface area contributed by atoms with Gasteiger partial charge in [-0.25, -0.2) is 4.98 Å². The van der Waals surface area contributed by atoms with Gasteiger partial charge in [-0.1, -0.05) is 18.6 Å². The summed E-state index contributed by atoms with van der Waals surface area (Å²) in [5.74, 6) is 1.00. The number of fused-ring (bicyclic) bond motifs is 1. The monoisotopic (exact) mass is 229 g/mol. The van der Waals surface area contributed by atoms with E-state index >= 15 is 0 Å². The number of imidazole rings is 1. The summed E-state index contributed by atoms with van der Waals surface area (Å²) in [6.45, 7) is 3.18. The van der Waals surface area contributed by atoms with Crippen LogP contribution >= 0.6 is 0 Å². The lowest BCUT2D eigenvalue weighted by Crippen LogP contribution is -2.35. The van der Waals surface area contributed by atoms with Crippen LogP contribution in [0.3, 0.4) is 0 Å². The van der Waals surface area contributed by atoms with E-state index in [0.717, 1.165) is 23.3 Å². The first-order valence-corrected chi connectivity index (χ1v) is 6.50. The smallest absolute Gasteiger partial charge is 0.104 e. The second-order valence-electron chi connectivity index (χ2n) is 4.99. The zero-order valence-corrected chi connectivity index (χ0v) is 10.3. The largest absolute Gasteiger partial charge is 0.342 e. The number of piperidine rings is 1. The highest BCUT2D eigenvalue weighted by atomic mass is 14.9. The molecule has 0 saturated carbocycles. The minimum absolute atomic E-state index is 0.631. The molecule has 3 nitrogen and oxygen atoms in total. The van der Waals surface area contributed by atoms with E-state index in [9.17, 15) is 0 Å². The van der Waals surface area contributed by atoms with Gasteiger partial charge in [-0.2, -0.15) is 0 Å². The number of rotatable bonds is 2. The molecule has 0 aliphatic carbocycles. The van der Waals surface area contributed by atoms with Crippen LogP contribution in [0.1, 0.15) is 30.7 Å². The highest BCUT2D eigenvalue weighted by Crippen LogP contribution is 2.20. The van der Waals surface area contributed by atoms with Crippen molar-refractivity contribution >= 4 is 11.0 Å². The van der Waals surface area contributed by atoms with E-state index < -0.39 is 0 Å². The van der Waals surface area contributed by atoms with Crippen molar-refractivity contribution in [2.45, 2.75) is 38.6 Å². The molecule has 1 fully saturated rings. The highest BCUT2D eigenvalue weighted by molar-refractivity contribution is 5.78. The van der Waals surface area contributed by atoms with Crippen LogP contribution in [0.4, 0.5) is 0 Å². The lowest BCUT2D eigenvalue weighted by molar-refractivity contribution is 0.400. The van der Waals surface area contributed by atoms with E-state index in [1.54, 1.807) is 0 Å². The molecule has 1 aliphatic rings. The summed E-state index contributed by atoms with van der Waals surface area (Å²) in [6, 6.07) is 7.07. The number of aromatic amines is 1. The number of aromatic nitrogens is 2. The number of benzene rings is 1. The average molecular weight is 229 g/mol. The van der Waals surface area contributed by atoms with Crippen molar-refractivity contribution in [3.05, 3.63) is 29.6 Å². The molecule has 0 spiro atoms. The fourth-order valence-corrected chi connectivity index (χ4v) is 2.74. The van der Waals surface area contributed by atoms with Crippen molar-refractivity contribution < 1.29 is 0 Å². The van der Waals surface area contributed by atoms with Gasteiger partial charge in [0.05, 0.1) is 11.0 Å². The summed E-state index contributed by atoms with van der Waals surface area (Å²) < 4.78 is 0. The first-order valence-electron chi connectivity index (χ1n) is 6.50. The normalized spacial score (nSPS) is 20.9. The fraction of sp³-hybridized carbons (Fsp3) is 0.500. The quantitative estimate of drug-likeness (QED) is 0.831. The van der Waals surface area contributed by atoms with E-state index in [1.165, 1.54) is 31.4 Å². The van der Waals surface area contributed by atoms with Crippen LogP contribution in [0.15, 0.2) is 18.2 Å². The molecule has 2 N–H and O–H groups in total. The van der Waals surface area contributed by atoms with Crippen LogP contribution < -0.4 is 5.32 Å². The maximum absolute atomic E-state index is 4.60. The molecule has 1 atom stereocenters. The van der Waals surface area contributed by atoms with Crippen molar-refractivity contribution in [2.24, 2.45) is 0 Å². The van der Waals surface area contributed by atoms with E-state index in [2.05, 4.69) is 33.5 Å². The van der Waals surface area contributed by atoms with Crippen molar-refractivity contribution in [1.29, 1.82) is 0 Å². The molecule has 3 rings (SSSR count). The minimum Gasteiger partial charge on any atom is -0.342 e. The van der Waals surface area contributed by atoms with Crippen molar-refractivity contribution in [1.82, 2.24) is 15.3 Å². The molecule has 90 valence electrons. The lowest BCUT2D eigenvalue weighted by atomic mass is 9.97. The van der Waals surface area contributed by atoms with Crippen molar-refractivity contribution in [3.8, 4) is 0 Å². The second kappa shape index (κ2) is 4.49. The molecule has 2 heterocycles. The Morgan fingerprint density at radius 3 is 3.12 bits per heavy atom. The molecule has 2 aromatic rings. The first kappa shape index (κ1) is 10.8. The van der Waals surface area contributed by atoms with E-state index in [-0.39, 0.29) is 0 Å². The second-order valence-corrected chi connectivity index (χ2v) is 4.99. The third-order valence-corrected chi connectivity index (χ3v) is 3.59. The Morgan fingerprint density at radius 2 is 2.29 bits per heavy atom. The first-order chi connectivity index (χ1) is 8.33. The van der Waals surface area contributed by atoms with Crippen LogP contribution in [0.2, 0.25) is 0 Å². The molecule has 17 heavy (non-hydrogen) atoms. The fourth-order valence-electron chi connectivity index (χ4n) is 2.74. The summed E-state index contributed by atoms with van der Waals surface area (Å²) >= 11 is 0. The Balaban J connectivity index is 1.88. The van der Waals surface area contributed by atoms with Crippen LogP contribution in [-0.2, 0) is 6.42 Å². The van der Waals surface area contributed by atoms with Crippen LogP contribution in [0.25, 0.3) is 11.0 Å². The summed E-state index contributed by atoms with van der Waals surface area (Å²) in [6.07, 6.45) is 5.07. The van der Waals surface area contributed by atoms with E-state index in [4.69, 9.17) is 0 Å². The Bertz CT molecular complexity index is 509. The van der Waals surface area contributed by atoms with Gasteiger partial charge < -0.3 is 10.3 Å². The number of hydrogen-bond donors (Lipinski definition) is 2. The molecule has 1 aromatic heterocycles. The predicted octanol–water partition coefficient (Wildman–Crippen LogP) is 2.56. The maximum atomic E-state index is 4.60. The van der Waals surface area contributed by atoms with Crippen molar-refractivity contribution in [2.75, 3.05) is 6.54 Å². The van der Waals surface area contributed by atoms with Gasteiger partial charge in [0.15, 0.2) is 0 Å². The van der Waals surface area contributed by atoms with Gasteiger partial charge in [0.2, 0.25) is 0 Å². The van der Waals surface area contributed by atoms with Crippen LogP contribution in [0, 0.1) is 6.92 Å². The number of H-pyrrole nitrogens is 1. The number of para-hydroxylation sites is 1. The van der Waals surface area contributed by atoms with Crippen LogP contribution in [-0.4, -0.2) is 22.6 Å². The third kappa shape index (κ3) is 2.20. The molecular weight excluding hydrogens is 210 g/mol. The zero-order chi connectivity index (χ0) is 11.7. The molecule has 0 bridgehead atoms. The highest BCUT2D eigenvalue weighted by Gasteiger charge is 2.15. The van der Waals surface area contributed by atoms with E-state index in [0.29, 0.717) is 6.04 Å². The molecule has 1 saturated heterocycles. The number of nitrogens with zero attached hydrogens (tertiary/aromatic N) is 1. The Labute approximate surface area is 102 Å². The molecule has 0 radical (unpaired) electrons. The van der Waals surface area contributed by atoms with Gasteiger partial charge in [0, 0.05) is 6.04 Å². The lowest BCUT2D eigenvalue weighted by Gasteiger charge is -2.23.